The van der Waals surface area contributed by atoms with Crippen LogP contribution in [0.15, 0.2) is 122 Å². The Hall–Kier alpha value is -5.15. The number of pyridine rings is 2. The van der Waals surface area contributed by atoms with Crippen molar-refractivity contribution in [1.29, 1.82) is 0 Å². The summed E-state index contributed by atoms with van der Waals surface area (Å²) in [5.74, 6) is 1.66. The number of rotatable bonds is 5. The van der Waals surface area contributed by atoms with E-state index in [1.165, 1.54) is 4.58 Å². The molecule has 0 atom stereocenters. The van der Waals surface area contributed by atoms with Crippen molar-refractivity contribution in [3.8, 4) is 17.3 Å². The molecule has 46 heavy (non-hydrogen) atoms. The minimum Gasteiger partial charge on any atom is -0.509 e. The van der Waals surface area contributed by atoms with Crippen molar-refractivity contribution < 1.29 is 32.7 Å². The zero-order valence-corrected chi connectivity index (χ0v) is 27.4. The molecule has 0 aliphatic carbocycles. The Kier molecular flexibility index (Phi) is 6.11. The van der Waals surface area contributed by atoms with Gasteiger partial charge in [-0.2, -0.15) is 12.1 Å². The molecule has 0 spiro atoms. The number of hydrogen-bond donors (Lipinski definition) is 0. The number of aromatic nitrogens is 3. The molecule has 0 bridgehead atoms. The standard InChI is InChI=1S/C39H29N5O.Pt/c1-39(2,3)27-18-21-41-38(22-27)44-36-24-31(16-17-32(36)33-19-20-40-25-37(33)44)45-30-13-9-12-29(23-30)43-26-42(28-10-5-4-6-11-28)34-14-7-8-15-35(34)43;/h4-22,25H,1-3H3;/q;+2/i4D,5D,6D,10D,11D;. The molecule has 0 amide bonds. The second kappa shape index (κ2) is 11.6. The summed E-state index contributed by atoms with van der Waals surface area (Å²) in [5.41, 5.74) is 4.69. The Labute approximate surface area is 288 Å². The predicted molar refractivity (Wildman–Crippen MR) is 180 cm³/mol. The summed E-state index contributed by atoms with van der Waals surface area (Å²) in [6.07, 6.45) is 5.44. The number of para-hydroxylation sites is 3. The summed E-state index contributed by atoms with van der Waals surface area (Å²) in [4.78, 5) is 9.14. The van der Waals surface area contributed by atoms with Gasteiger partial charge in [-0.25, -0.2) is 4.98 Å². The molecule has 3 aromatic heterocycles. The van der Waals surface area contributed by atoms with Crippen LogP contribution in [-0.4, -0.2) is 20.5 Å². The third-order valence-electron chi connectivity index (χ3n) is 7.78. The van der Waals surface area contributed by atoms with Crippen molar-refractivity contribution in [2.75, 3.05) is 0 Å². The molecule has 6 nitrogen and oxygen atoms in total. The van der Waals surface area contributed by atoms with Gasteiger partial charge in [-0.05, 0) is 39.1 Å². The van der Waals surface area contributed by atoms with Gasteiger partial charge >= 0.3 is 27.1 Å². The van der Waals surface area contributed by atoms with Crippen LogP contribution in [-0.2, 0) is 26.5 Å². The van der Waals surface area contributed by atoms with Gasteiger partial charge in [-0.1, -0.05) is 73.3 Å². The van der Waals surface area contributed by atoms with E-state index in [1.807, 2.05) is 73.1 Å². The maximum absolute atomic E-state index is 8.56. The van der Waals surface area contributed by atoms with E-state index in [4.69, 9.17) is 16.6 Å². The van der Waals surface area contributed by atoms with Gasteiger partial charge < -0.3 is 9.30 Å². The number of hydrogen-bond acceptors (Lipinski definition) is 3. The number of benzene rings is 4. The Morgan fingerprint density at radius 3 is 2.41 bits per heavy atom. The van der Waals surface area contributed by atoms with Gasteiger partial charge in [0, 0.05) is 48.1 Å². The van der Waals surface area contributed by atoms with Crippen molar-refractivity contribution in [3.63, 3.8) is 0 Å². The molecule has 224 valence electrons. The maximum atomic E-state index is 8.56. The number of nitrogens with zero attached hydrogens (tertiary/aromatic N) is 5. The Morgan fingerprint density at radius 1 is 0.826 bits per heavy atom. The molecule has 7 aromatic rings. The second-order valence-electron chi connectivity index (χ2n) is 11.7. The third kappa shape index (κ3) is 5.16. The summed E-state index contributed by atoms with van der Waals surface area (Å²) in [6.45, 7) is 6.52. The first kappa shape index (κ1) is 24.1. The predicted octanol–water partition coefficient (Wildman–Crippen LogP) is 9.12. The number of ether oxygens (including phenoxy) is 1. The fraction of sp³-hybridized carbons (Fsp3) is 0.103. The minimum atomic E-state index is -0.451. The molecule has 4 aromatic carbocycles. The molecule has 0 unspecified atom stereocenters. The molecular formula is C39H29N5OPt+2. The summed E-state index contributed by atoms with van der Waals surface area (Å²) in [5, 5.41) is 2.01. The van der Waals surface area contributed by atoms with Crippen LogP contribution in [0.2, 0.25) is 0 Å². The van der Waals surface area contributed by atoms with Crippen molar-refractivity contribution in [2.24, 2.45) is 0 Å². The van der Waals surface area contributed by atoms with Crippen LogP contribution in [0.3, 0.4) is 0 Å². The number of fused-ring (bicyclic) bond motifs is 4. The molecule has 7 heteroatoms. The van der Waals surface area contributed by atoms with Gasteiger partial charge in [0.15, 0.2) is 0 Å². The SMILES string of the molecule is [2H]c1c([2H])c([2H])c([N+]2=C=[N+](c3[c-]c(Oc4[c-]c5c(cc4)c4ccncc4n5-c4cc(C(C)(C)C)ccn4)ccc3)c3ccccc32)c([2H])c1[2H].[Pt+2]. The van der Waals surface area contributed by atoms with Crippen LogP contribution in [0.5, 0.6) is 11.5 Å². The van der Waals surface area contributed by atoms with Gasteiger partial charge in [0.25, 0.3) is 11.4 Å². The summed E-state index contributed by atoms with van der Waals surface area (Å²) in [6, 6.07) is 30.9. The van der Waals surface area contributed by atoms with E-state index >= 15 is 0 Å². The summed E-state index contributed by atoms with van der Waals surface area (Å²) >= 11 is 0. The van der Waals surface area contributed by atoms with Crippen molar-refractivity contribution in [1.82, 2.24) is 23.7 Å². The molecule has 0 N–H and O–H groups in total. The van der Waals surface area contributed by atoms with Crippen molar-refractivity contribution in [2.45, 2.75) is 26.2 Å². The van der Waals surface area contributed by atoms with Gasteiger partial charge in [-0.3, -0.25) is 4.98 Å². The molecule has 8 rings (SSSR count). The van der Waals surface area contributed by atoms with Crippen LogP contribution < -0.4 is 13.9 Å². The summed E-state index contributed by atoms with van der Waals surface area (Å²) < 4.78 is 53.2. The fourth-order valence-corrected chi connectivity index (χ4v) is 5.58. The normalized spacial score (nSPS) is 13.9. The van der Waals surface area contributed by atoms with E-state index in [0.29, 0.717) is 28.6 Å². The van der Waals surface area contributed by atoms with Crippen molar-refractivity contribution in [3.05, 3.63) is 139 Å². The van der Waals surface area contributed by atoms with Gasteiger partial charge in [-0.15, -0.1) is 23.6 Å². The first-order valence-electron chi connectivity index (χ1n) is 17.0. The molecule has 1 aliphatic heterocycles. The van der Waals surface area contributed by atoms with E-state index in [-0.39, 0.29) is 44.3 Å². The van der Waals surface area contributed by atoms with Crippen LogP contribution in [0.4, 0.5) is 22.7 Å². The molecule has 0 saturated carbocycles. The minimum absolute atomic E-state index is 0. The van der Waals surface area contributed by atoms with Crippen LogP contribution in [0.25, 0.3) is 27.6 Å². The van der Waals surface area contributed by atoms with Crippen LogP contribution in [0, 0.1) is 12.1 Å². The van der Waals surface area contributed by atoms with Crippen LogP contribution in [0.1, 0.15) is 33.2 Å². The average molecular weight is 784 g/mol. The maximum Gasteiger partial charge on any atom is 2.00 e. The van der Waals surface area contributed by atoms with Crippen LogP contribution >= 0.6 is 0 Å². The first-order chi connectivity index (χ1) is 24.0. The molecule has 0 radical (unpaired) electrons. The first-order valence-corrected chi connectivity index (χ1v) is 14.5. The zero-order chi connectivity index (χ0) is 34.9. The molecule has 1 aliphatic rings. The molecule has 0 fully saturated rings. The summed E-state index contributed by atoms with van der Waals surface area (Å²) in [7, 11) is 0. The van der Waals surface area contributed by atoms with E-state index in [0.717, 1.165) is 33.2 Å². The molecule has 4 heterocycles. The largest absolute Gasteiger partial charge is 2.00 e. The van der Waals surface area contributed by atoms with Crippen molar-refractivity contribution >= 4 is 50.6 Å². The molecular weight excluding hydrogens is 750 g/mol. The van der Waals surface area contributed by atoms with Gasteiger partial charge in [0.2, 0.25) is 5.69 Å². The van der Waals surface area contributed by atoms with E-state index in [1.54, 1.807) is 16.8 Å². The third-order valence-corrected chi connectivity index (χ3v) is 7.78. The quantitative estimate of drug-likeness (QED) is 0.129. The topological polar surface area (TPSA) is 46.0 Å². The fourth-order valence-electron chi connectivity index (χ4n) is 5.58. The monoisotopic (exact) mass is 783 g/mol. The second-order valence-corrected chi connectivity index (χ2v) is 11.7. The molecule has 0 saturated heterocycles. The Morgan fingerprint density at radius 2 is 1.61 bits per heavy atom. The van der Waals surface area contributed by atoms with E-state index < -0.39 is 18.1 Å². The van der Waals surface area contributed by atoms with Gasteiger partial charge in [0.1, 0.15) is 11.5 Å². The Balaban J connectivity index is 0.00000406. The van der Waals surface area contributed by atoms with E-state index in [2.05, 4.69) is 54.5 Å². The Bertz CT molecular complexity index is 2600. The zero-order valence-electron chi connectivity index (χ0n) is 30.1. The van der Waals surface area contributed by atoms with Gasteiger partial charge in [0.05, 0.1) is 18.6 Å². The average Bonchev–Trinajstić information content (AvgIpc) is 3.66. The van der Waals surface area contributed by atoms with E-state index in [9.17, 15) is 0 Å². The smallest absolute Gasteiger partial charge is 0.509 e.